The molecule has 4 rings (SSSR count). The summed E-state index contributed by atoms with van der Waals surface area (Å²) in [7, 11) is 0. The number of hydrogen-bond acceptors (Lipinski definition) is 3. The quantitative estimate of drug-likeness (QED) is 0.730. The van der Waals surface area contributed by atoms with Crippen molar-refractivity contribution < 1.29 is 14.6 Å². The molecule has 0 bridgehead atoms. The zero-order chi connectivity index (χ0) is 20.5. The van der Waals surface area contributed by atoms with Gasteiger partial charge in [-0.1, -0.05) is 81.6 Å². The van der Waals surface area contributed by atoms with Gasteiger partial charge in [-0.3, -0.25) is 0 Å². The van der Waals surface area contributed by atoms with Gasteiger partial charge in [0.1, 0.15) is 6.61 Å². The van der Waals surface area contributed by atoms with Crippen LogP contribution in [0.15, 0.2) is 48.5 Å². The van der Waals surface area contributed by atoms with Crippen molar-refractivity contribution in [1.82, 2.24) is 5.32 Å². The summed E-state index contributed by atoms with van der Waals surface area (Å²) in [4.78, 5) is 12.4. The highest BCUT2D eigenvalue weighted by Crippen LogP contribution is 2.44. The van der Waals surface area contributed by atoms with Crippen molar-refractivity contribution in [3.8, 4) is 11.1 Å². The maximum Gasteiger partial charge on any atom is 0.407 e. The van der Waals surface area contributed by atoms with Crippen LogP contribution in [0, 0.1) is 5.41 Å². The molecule has 4 nitrogen and oxygen atoms in total. The SMILES string of the molecule is CC(C)(CNC(=O)OCC1c2ccccc2-c2ccccc21)C1(O)CCCCC1. The highest BCUT2D eigenvalue weighted by atomic mass is 16.5. The van der Waals surface area contributed by atoms with Crippen molar-refractivity contribution in [2.75, 3.05) is 13.2 Å². The van der Waals surface area contributed by atoms with Crippen LogP contribution in [0.3, 0.4) is 0 Å². The smallest absolute Gasteiger partial charge is 0.407 e. The van der Waals surface area contributed by atoms with Crippen LogP contribution >= 0.6 is 0 Å². The number of fused-ring (bicyclic) bond motifs is 3. The first-order valence-corrected chi connectivity index (χ1v) is 10.7. The summed E-state index contributed by atoms with van der Waals surface area (Å²) in [6.07, 6.45) is 4.45. The van der Waals surface area contributed by atoms with Crippen LogP contribution in [-0.2, 0) is 4.74 Å². The van der Waals surface area contributed by atoms with E-state index in [-0.39, 0.29) is 11.3 Å². The Bertz CT molecular complexity index is 838. The van der Waals surface area contributed by atoms with Crippen LogP contribution in [-0.4, -0.2) is 30.0 Å². The van der Waals surface area contributed by atoms with Gasteiger partial charge in [-0.25, -0.2) is 4.79 Å². The number of alkyl carbamates (subject to hydrolysis) is 1. The van der Waals surface area contributed by atoms with Crippen molar-refractivity contribution in [2.24, 2.45) is 5.41 Å². The van der Waals surface area contributed by atoms with E-state index < -0.39 is 11.7 Å². The third kappa shape index (κ3) is 3.78. The zero-order valence-corrected chi connectivity index (χ0v) is 17.4. The number of rotatable bonds is 5. The molecule has 2 aromatic rings. The Kier molecular flexibility index (Phi) is 5.39. The summed E-state index contributed by atoms with van der Waals surface area (Å²) in [5.74, 6) is 0.0590. The lowest BCUT2D eigenvalue weighted by atomic mass is 9.67. The van der Waals surface area contributed by atoms with Gasteiger partial charge >= 0.3 is 6.09 Å². The number of benzene rings is 2. The summed E-state index contributed by atoms with van der Waals surface area (Å²) < 4.78 is 5.62. The second-order valence-corrected chi connectivity index (χ2v) is 9.16. The average molecular weight is 394 g/mol. The lowest BCUT2D eigenvalue weighted by molar-refractivity contribution is -0.0912. The standard InChI is InChI=1S/C25H31NO3/c1-24(2,25(28)14-8-3-9-15-25)17-26-23(27)29-16-22-20-12-6-4-10-18(20)19-11-5-7-13-21(19)22/h4-7,10-13,22,28H,3,8-9,14-17H2,1-2H3,(H,26,27). The van der Waals surface area contributed by atoms with Crippen LogP contribution in [0.5, 0.6) is 0 Å². The van der Waals surface area contributed by atoms with Gasteiger partial charge < -0.3 is 15.2 Å². The largest absolute Gasteiger partial charge is 0.449 e. The molecular formula is C25H31NO3. The van der Waals surface area contributed by atoms with E-state index in [1.54, 1.807) is 0 Å². The number of aliphatic hydroxyl groups is 1. The molecule has 154 valence electrons. The molecular weight excluding hydrogens is 362 g/mol. The van der Waals surface area contributed by atoms with Crippen LogP contribution < -0.4 is 5.32 Å². The Morgan fingerprint density at radius 1 is 1.03 bits per heavy atom. The van der Waals surface area contributed by atoms with E-state index in [9.17, 15) is 9.90 Å². The molecule has 0 radical (unpaired) electrons. The third-order valence-electron chi connectivity index (χ3n) is 6.96. The van der Waals surface area contributed by atoms with Crippen molar-refractivity contribution in [3.05, 3.63) is 59.7 Å². The Morgan fingerprint density at radius 3 is 2.17 bits per heavy atom. The molecule has 4 heteroatoms. The molecule has 2 aliphatic carbocycles. The molecule has 1 amide bonds. The summed E-state index contributed by atoms with van der Waals surface area (Å²) >= 11 is 0. The molecule has 0 aromatic heterocycles. The number of carbonyl (C=O) groups is 1. The summed E-state index contributed by atoms with van der Waals surface area (Å²) in [6.45, 7) is 4.77. The first-order valence-electron chi connectivity index (χ1n) is 10.7. The van der Waals surface area contributed by atoms with Gasteiger partial charge in [0.2, 0.25) is 0 Å². The maximum atomic E-state index is 12.4. The topological polar surface area (TPSA) is 58.6 Å². The average Bonchev–Trinajstić information content (AvgIpc) is 3.05. The van der Waals surface area contributed by atoms with E-state index >= 15 is 0 Å². The molecule has 2 aliphatic rings. The van der Waals surface area contributed by atoms with E-state index in [2.05, 4.69) is 29.6 Å². The second kappa shape index (κ2) is 7.83. The fraction of sp³-hybridized carbons (Fsp3) is 0.480. The lowest BCUT2D eigenvalue weighted by Gasteiger charge is -2.45. The van der Waals surface area contributed by atoms with Crippen LogP contribution in [0.25, 0.3) is 11.1 Å². The third-order valence-corrected chi connectivity index (χ3v) is 6.96. The fourth-order valence-corrected chi connectivity index (χ4v) is 4.92. The molecule has 2 N–H and O–H groups in total. The number of hydrogen-bond donors (Lipinski definition) is 2. The second-order valence-electron chi connectivity index (χ2n) is 9.16. The van der Waals surface area contributed by atoms with Gasteiger partial charge in [-0.05, 0) is 35.1 Å². The highest BCUT2D eigenvalue weighted by molar-refractivity contribution is 5.79. The number of amides is 1. The zero-order valence-electron chi connectivity index (χ0n) is 17.4. The number of ether oxygens (including phenoxy) is 1. The molecule has 2 aromatic carbocycles. The van der Waals surface area contributed by atoms with Gasteiger partial charge in [-0.15, -0.1) is 0 Å². The Hall–Kier alpha value is -2.33. The van der Waals surface area contributed by atoms with Gasteiger partial charge in [-0.2, -0.15) is 0 Å². The van der Waals surface area contributed by atoms with Crippen LogP contribution in [0.2, 0.25) is 0 Å². The van der Waals surface area contributed by atoms with Crippen molar-refractivity contribution in [3.63, 3.8) is 0 Å². The molecule has 0 atom stereocenters. The van der Waals surface area contributed by atoms with E-state index in [1.165, 1.54) is 28.7 Å². The molecule has 29 heavy (non-hydrogen) atoms. The van der Waals surface area contributed by atoms with Crippen molar-refractivity contribution in [2.45, 2.75) is 57.5 Å². The van der Waals surface area contributed by atoms with Crippen LogP contribution in [0.4, 0.5) is 4.79 Å². The Balaban J connectivity index is 1.38. The maximum absolute atomic E-state index is 12.4. The van der Waals surface area contributed by atoms with Gasteiger partial charge in [0.05, 0.1) is 5.60 Å². The van der Waals surface area contributed by atoms with Gasteiger partial charge in [0, 0.05) is 17.9 Å². The first-order chi connectivity index (χ1) is 13.9. The van der Waals surface area contributed by atoms with E-state index in [0.29, 0.717) is 13.2 Å². The fourth-order valence-electron chi connectivity index (χ4n) is 4.92. The monoisotopic (exact) mass is 393 g/mol. The van der Waals surface area contributed by atoms with Crippen molar-refractivity contribution in [1.29, 1.82) is 0 Å². The normalized spacial score (nSPS) is 18.0. The summed E-state index contributed by atoms with van der Waals surface area (Å²) in [5, 5.41) is 13.9. The molecule has 1 saturated carbocycles. The molecule has 0 aliphatic heterocycles. The molecule has 0 unspecified atom stereocenters. The van der Waals surface area contributed by atoms with Gasteiger partial charge in [0.15, 0.2) is 0 Å². The van der Waals surface area contributed by atoms with Crippen LogP contribution in [0.1, 0.15) is 63.0 Å². The Labute approximate surface area is 173 Å². The molecule has 0 spiro atoms. The predicted octanol–water partition coefficient (Wildman–Crippen LogP) is 5.25. The van der Waals surface area contributed by atoms with E-state index in [1.807, 2.05) is 38.1 Å². The van der Waals surface area contributed by atoms with E-state index in [0.717, 1.165) is 25.7 Å². The number of nitrogens with one attached hydrogen (secondary N) is 1. The molecule has 0 heterocycles. The minimum atomic E-state index is -0.720. The lowest BCUT2D eigenvalue weighted by Crippen LogP contribution is -2.52. The van der Waals surface area contributed by atoms with Gasteiger partial charge in [0.25, 0.3) is 0 Å². The summed E-state index contributed by atoms with van der Waals surface area (Å²) in [6, 6.07) is 16.6. The minimum absolute atomic E-state index is 0.0590. The Morgan fingerprint density at radius 2 is 1.59 bits per heavy atom. The predicted molar refractivity (Wildman–Crippen MR) is 115 cm³/mol. The number of carbonyl (C=O) groups excluding carboxylic acids is 1. The molecule has 0 saturated heterocycles. The first kappa shape index (κ1) is 20.0. The molecule has 1 fully saturated rings. The highest BCUT2D eigenvalue weighted by Gasteiger charge is 2.44. The minimum Gasteiger partial charge on any atom is -0.449 e. The van der Waals surface area contributed by atoms with Crippen molar-refractivity contribution >= 4 is 6.09 Å². The van der Waals surface area contributed by atoms with E-state index in [4.69, 9.17) is 4.74 Å². The summed E-state index contributed by atoms with van der Waals surface area (Å²) in [5.41, 5.74) is 3.74.